The largest absolute Gasteiger partial charge is 0.340 e. The second-order valence-corrected chi connectivity index (χ2v) is 4.53. The van der Waals surface area contributed by atoms with Crippen molar-refractivity contribution in [3.63, 3.8) is 0 Å². The SMILES string of the molecule is Cc1cc(Nc2cccc3ccncc23)nc(Cl)n1. The Morgan fingerprint density at radius 3 is 2.89 bits per heavy atom. The highest BCUT2D eigenvalue weighted by atomic mass is 35.5. The van der Waals surface area contributed by atoms with Crippen LogP contribution in [0.2, 0.25) is 5.28 Å². The summed E-state index contributed by atoms with van der Waals surface area (Å²) < 4.78 is 0. The van der Waals surface area contributed by atoms with Gasteiger partial charge in [0.25, 0.3) is 0 Å². The first-order valence-electron chi connectivity index (χ1n) is 5.83. The Hall–Kier alpha value is -2.20. The minimum atomic E-state index is 0.237. The number of anilines is 2. The van der Waals surface area contributed by atoms with Gasteiger partial charge in [-0.2, -0.15) is 0 Å². The van der Waals surface area contributed by atoms with E-state index in [1.165, 1.54) is 0 Å². The van der Waals surface area contributed by atoms with Crippen LogP contribution in [0.15, 0.2) is 42.7 Å². The number of rotatable bonds is 2. The van der Waals surface area contributed by atoms with Crippen LogP contribution in [0.25, 0.3) is 10.8 Å². The topological polar surface area (TPSA) is 50.7 Å². The van der Waals surface area contributed by atoms with E-state index in [1.807, 2.05) is 43.5 Å². The fourth-order valence-electron chi connectivity index (χ4n) is 1.96. The number of nitrogens with one attached hydrogen (secondary N) is 1. The van der Waals surface area contributed by atoms with E-state index < -0.39 is 0 Å². The van der Waals surface area contributed by atoms with E-state index in [-0.39, 0.29) is 5.28 Å². The van der Waals surface area contributed by atoms with Crippen LogP contribution in [0.3, 0.4) is 0 Å². The van der Waals surface area contributed by atoms with Gasteiger partial charge in [-0.15, -0.1) is 0 Å². The van der Waals surface area contributed by atoms with Gasteiger partial charge in [-0.05, 0) is 36.0 Å². The summed E-state index contributed by atoms with van der Waals surface area (Å²) in [6.45, 7) is 1.88. The van der Waals surface area contributed by atoms with E-state index in [9.17, 15) is 0 Å². The fraction of sp³-hybridized carbons (Fsp3) is 0.0714. The summed E-state index contributed by atoms with van der Waals surface area (Å²) >= 11 is 5.86. The molecule has 0 bridgehead atoms. The first-order valence-corrected chi connectivity index (χ1v) is 6.21. The fourth-order valence-corrected chi connectivity index (χ4v) is 2.18. The van der Waals surface area contributed by atoms with Crippen LogP contribution in [-0.2, 0) is 0 Å². The predicted octanol–water partition coefficient (Wildman–Crippen LogP) is 3.73. The molecule has 0 aliphatic heterocycles. The molecule has 1 aromatic carbocycles. The lowest BCUT2D eigenvalue weighted by Gasteiger charge is -2.09. The molecule has 0 fully saturated rings. The van der Waals surface area contributed by atoms with E-state index in [0.29, 0.717) is 5.82 Å². The Kier molecular flexibility index (Phi) is 3.01. The van der Waals surface area contributed by atoms with Crippen molar-refractivity contribution in [2.75, 3.05) is 5.32 Å². The van der Waals surface area contributed by atoms with E-state index >= 15 is 0 Å². The van der Waals surface area contributed by atoms with E-state index in [0.717, 1.165) is 22.2 Å². The lowest BCUT2D eigenvalue weighted by Crippen LogP contribution is -1.97. The highest BCUT2D eigenvalue weighted by Crippen LogP contribution is 2.25. The molecule has 0 saturated heterocycles. The molecule has 3 aromatic rings. The Balaban J connectivity index is 2.05. The van der Waals surface area contributed by atoms with Crippen molar-refractivity contribution in [2.45, 2.75) is 6.92 Å². The Labute approximate surface area is 115 Å². The van der Waals surface area contributed by atoms with Crippen molar-refractivity contribution in [3.8, 4) is 0 Å². The summed E-state index contributed by atoms with van der Waals surface area (Å²) in [5, 5.41) is 5.65. The van der Waals surface area contributed by atoms with Crippen LogP contribution >= 0.6 is 11.6 Å². The molecule has 4 nitrogen and oxygen atoms in total. The first-order chi connectivity index (χ1) is 9.22. The summed E-state index contributed by atoms with van der Waals surface area (Å²) in [6.07, 6.45) is 3.60. The Morgan fingerprint density at radius 1 is 1.16 bits per heavy atom. The average molecular weight is 271 g/mol. The van der Waals surface area contributed by atoms with Crippen LogP contribution in [0.5, 0.6) is 0 Å². The molecule has 0 aliphatic rings. The van der Waals surface area contributed by atoms with Gasteiger partial charge >= 0.3 is 0 Å². The van der Waals surface area contributed by atoms with Crippen LogP contribution < -0.4 is 5.32 Å². The first kappa shape index (κ1) is 11.9. The summed E-state index contributed by atoms with van der Waals surface area (Å²) in [7, 11) is 0. The molecule has 0 spiro atoms. The summed E-state index contributed by atoms with van der Waals surface area (Å²) in [6, 6.07) is 9.83. The summed E-state index contributed by atoms with van der Waals surface area (Å²) in [5.74, 6) is 0.675. The van der Waals surface area contributed by atoms with Gasteiger partial charge in [-0.3, -0.25) is 4.98 Å². The molecule has 3 rings (SSSR count). The lowest BCUT2D eigenvalue weighted by atomic mass is 10.1. The molecule has 0 unspecified atom stereocenters. The minimum absolute atomic E-state index is 0.237. The molecule has 2 heterocycles. The third-order valence-corrected chi connectivity index (χ3v) is 2.94. The van der Waals surface area contributed by atoms with E-state index in [1.54, 1.807) is 6.20 Å². The van der Waals surface area contributed by atoms with Gasteiger partial charge in [0, 0.05) is 35.2 Å². The molecular weight excluding hydrogens is 260 g/mol. The third-order valence-electron chi connectivity index (χ3n) is 2.77. The van der Waals surface area contributed by atoms with Crippen molar-refractivity contribution < 1.29 is 0 Å². The molecule has 0 atom stereocenters. The molecule has 0 aliphatic carbocycles. The predicted molar refractivity (Wildman–Crippen MR) is 76.8 cm³/mol. The summed E-state index contributed by atoms with van der Waals surface area (Å²) in [5.41, 5.74) is 1.76. The normalized spacial score (nSPS) is 10.6. The number of pyridine rings is 1. The molecule has 19 heavy (non-hydrogen) atoms. The molecule has 0 radical (unpaired) electrons. The Morgan fingerprint density at radius 2 is 2.05 bits per heavy atom. The molecule has 2 aromatic heterocycles. The van der Waals surface area contributed by atoms with Gasteiger partial charge in [0.15, 0.2) is 0 Å². The zero-order valence-corrected chi connectivity index (χ0v) is 11.0. The number of hydrogen-bond acceptors (Lipinski definition) is 4. The number of aromatic nitrogens is 3. The Bertz CT molecular complexity index is 717. The van der Waals surface area contributed by atoms with Crippen molar-refractivity contribution >= 4 is 33.9 Å². The standard InChI is InChI=1S/C14H11ClN4/c1-9-7-13(19-14(15)17-9)18-12-4-2-3-10-5-6-16-8-11(10)12/h2-8H,1H3,(H,17,18,19). The van der Waals surface area contributed by atoms with Crippen molar-refractivity contribution in [1.29, 1.82) is 0 Å². The molecular formula is C14H11ClN4. The lowest BCUT2D eigenvalue weighted by molar-refractivity contribution is 1.10. The smallest absolute Gasteiger partial charge is 0.224 e. The number of fused-ring (bicyclic) bond motifs is 1. The highest BCUT2D eigenvalue weighted by molar-refractivity contribution is 6.28. The van der Waals surface area contributed by atoms with Gasteiger partial charge in [-0.25, -0.2) is 9.97 Å². The minimum Gasteiger partial charge on any atom is -0.340 e. The van der Waals surface area contributed by atoms with Crippen LogP contribution in [0.4, 0.5) is 11.5 Å². The van der Waals surface area contributed by atoms with Crippen molar-refractivity contribution in [2.24, 2.45) is 0 Å². The molecule has 1 N–H and O–H groups in total. The zero-order valence-electron chi connectivity index (χ0n) is 10.3. The van der Waals surface area contributed by atoms with Gasteiger partial charge in [0.05, 0.1) is 0 Å². The highest BCUT2D eigenvalue weighted by Gasteiger charge is 2.04. The second kappa shape index (κ2) is 4.82. The van der Waals surface area contributed by atoms with Crippen molar-refractivity contribution in [3.05, 3.63) is 53.7 Å². The summed E-state index contributed by atoms with van der Waals surface area (Å²) in [4.78, 5) is 12.4. The van der Waals surface area contributed by atoms with Crippen molar-refractivity contribution in [1.82, 2.24) is 15.0 Å². The number of nitrogens with zero attached hydrogens (tertiary/aromatic N) is 3. The maximum Gasteiger partial charge on any atom is 0.224 e. The average Bonchev–Trinajstić information content (AvgIpc) is 2.38. The number of benzene rings is 1. The van der Waals surface area contributed by atoms with Gasteiger partial charge in [0.2, 0.25) is 5.28 Å². The second-order valence-electron chi connectivity index (χ2n) is 4.19. The quantitative estimate of drug-likeness (QED) is 0.721. The molecule has 0 saturated carbocycles. The zero-order chi connectivity index (χ0) is 13.2. The van der Waals surface area contributed by atoms with Gasteiger partial charge in [-0.1, -0.05) is 12.1 Å². The maximum atomic E-state index is 5.86. The third kappa shape index (κ3) is 2.48. The van der Waals surface area contributed by atoms with Crippen LogP contribution in [0.1, 0.15) is 5.69 Å². The number of halogens is 1. The van der Waals surface area contributed by atoms with Gasteiger partial charge < -0.3 is 5.32 Å². The van der Waals surface area contributed by atoms with E-state index in [4.69, 9.17) is 11.6 Å². The number of hydrogen-bond donors (Lipinski definition) is 1. The van der Waals surface area contributed by atoms with Gasteiger partial charge in [0.1, 0.15) is 5.82 Å². The van der Waals surface area contributed by atoms with E-state index in [2.05, 4.69) is 20.3 Å². The van der Waals surface area contributed by atoms with Crippen LogP contribution in [0, 0.1) is 6.92 Å². The molecule has 94 valence electrons. The monoisotopic (exact) mass is 270 g/mol. The number of aryl methyl sites for hydroxylation is 1. The molecule has 0 amide bonds. The van der Waals surface area contributed by atoms with Crippen LogP contribution in [-0.4, -0.2) is 15.0 Å². The maximum absolute atomic E-state index is 5.86. The molecule has 5 heteroatoms.